The molecule has 1 aliphatic rings. The lowest BCUT2D eigenvalue weighted by Gasteiger charge is -2.30. The van der Waals surface area contributed by atoms with E-state index >= 15 is 0 Å². The number of nitrogens with zero attached hydrogens (tertiary/aromatic N) is 1. The van der Waals surface area contributed by atoms with Crippen LogP contribution in [0.5, 0.6) is 0 Å². The van der Waals surface area contributed by atoms with Crippen LogP contribution in [0.3, 0.4) is 0 Å². The summed E-state index contributed by atoms with van der Waals surface area (Å²) in [6.45, 7) is 2.74. The molecule has 0 spiro atoms. The predicted molar refractivity (Wildman–Crippen MR) is 106 cm³/mol. The van der Waals surface area contributed by atoms with E-state index in [1.165, 1.54) is 24.3 Å². The Morgan fingerprint density at radius 2 is 1.64 bits per heavy atom. The first-order valence-corrected chi connectivity index (χ1v) is 10.5. The minimum absolute atomic E-state index is 0.0831. The van der Waals surface area contributed by atoms with Crippen molar-refractivity contribution in [2.24, 2.45) is 11.7 Å². The summed E-state index contributed by atoms with van der Waals surface area (Å²) >= 11 is 0. The number of amides is 2. The van der Waals surface area contributed by atoms with Gasteiger partial charge in [0, 0.05) is 24.6 Å². The van der Waals surface area contributed by atoms with Gasteiger partial charge in [-0.1, -0.05) is 18.2 Å². The van der Waals surface area contributed by atoms with E-state index in [4.69, 9.17) is 5.73 Å². The van der Waals surface area contributed by atoms with Crippen LogP contribution in [0.2, 0.25) is 0 Å². The van der Waals surface area contributed by atoms with Gasteiger partial charge in [0.1, 0.15) is 0 Å². The van der Waals surface area contributed by atoms with Gasteiger partial charge in [-0.05, 0) is 55.7 Å². The number of carbonyl (C=O) groups is 2. The normalized spacial score (nSPS) is 15.2. The molecule has 0 radical (unpaired) electrons. The summed E-state index contributed by atoms with van der Waals surface area (Å²) in [6.07, 6.45) is 1.10. The molecule has 0 saturated carbocycles. The number of para-hydroxylation sites is 1. The van der Waals surface area contributed by atoms with Crippen molar-refractivity contribution in [3.05, 3.63) is 59.7 Å². The number of piperidine rings is 1. The van der Waals surface area contributed by atoms with Crippen LogP contribution in [0.15, 0.2) is 53.4 Å². The molecule has 7 nitrogen and oxygen atoms in total. The van der Waals surface area contributed by atoms with Crippen molar-refractivity contribution < 1.29 is 18.0 Å². The fourth-order valence-electron chi connectivity index (χ4n) is 3.22. The van der Waals surface area contributed by atoms with Gasteiger partial charge in [0.05, 0.1) is 10.6 Å². The highest BCUT2D eigenvalue weighted by Gasteiger charge is 2.26. The Bertz CT molecular complexity index is 979. The van der Waals surface area contributed by atoms with Gasteiger partial charge >= 0.3 is 0 Å². The van der Waals surface area contributed by atoms with Crippen molar-refractivity contribution in [1.82, 2.24) is 4.90 Å². The van der Waals surface area contributed by atoms with Gasteiger partial charge in [0.15, 0.2) is 0 Å². The molecule has 3 N–H and O–H groups in total. The molecule has 1 aliphatic heterocycles. The number of sulfonamides is 1. The highest BCUT2D eigenvalue weighted by molar-refractivity contribution is 7.92. The zero-order valence-corrected chi connectivity index (χ0v) is 16.4. The maximum atomic E-state index is 12.6. The van der Waals surface area contributed by atoms with Crippen LogP contribution in [0.4, 0.5) is 5.69 Å². The molecule has 1 fully saturated rings. The highest BCUT2D eigenvalue weighted by Crippen LogP contribution is 2.22. The minimum Gasteiger partial charge on any atom is -0.369 e. The van der Waals surface area contributed by atoms with Crippen molar-refractivity contribution in [3.8, 4) is 0 Å². The van der Waals surface area contributed by atoms with E-state index in [-0.39, 0.29) is 22.6 Å². The third-order valence-electron chi connectivity index (χ3n) is 4.99. The summed E-state index contributed by atoms with van der Waals surface area (Å²) < 4.78 is 27.7. The number of hydrogen-bond donors (Lipinski definition) is 2. The molecule has 1 heterocycles. The summed E-state index contributed by atoms with van der Waals surface area (Å²) in [5.74, 6) is -0.703. The Morgan fingerprint density at radius 1 is 1.04 bits per heavy atom. The van der Waals surface area contributed by atoms with Crippen LogP contribution >= 0.6 is 0 Å². The van der Waals surface area contributed by atoms with Crippen LogP contribution in [0.25, 0.3) is 0 Å². The first-order chi connectivity index (χ1) is 13.3. The smallest absolute Gasteiger partial charge is 0.261 e. The Morgan fingerprint density at radius 3 is 2.21 bits per heavy atom. The number of benzene rings is 2. The number of rotatable bonds is 5. The monoisotopic (exact) mass is 401 g/mol. The van der Waals surface area contributed by atoms with Gasteiger partial charge in [-0.3, -0.25) is 14.3 Å². The topological polar surface area (TPSA) is 110 Å². The lowest BCUT2D eigenvalue weighted by molar-refractivity contribution is -0.123. The predicted octanol–water partition coefficient (Wildman–Crippen LogP) is 2.13. The summed E-state index contributed by atoms with van der Waals surface area (Å²) in [6, 6.07) is 13.0. The van der Waals surface area contributed by atoms with E-state index in [1.807, 2.05) is 19.1 Å². The number of primary amides is 1. The van der Waals surface area contributed by atoms with Gasteiger partial charge in [-0.15, -0.1) is 0 Å². The first-order valence-electron chi connectivity index (χ1n) is 9.05. The quantitative estimate of drug-likeness (QED) is 0.800. The molecule has 2 amide bonds. The fourth-order valence-corrected chi connectivity index (χ4v) is 4.35. The van der Waals surface area contributed by atoms with E-state index in [0.29, 0.717) is 37.2 Å². The van der Waals surface area contributed by atoms with Crippen molar-refractivity contribution in [2.75, 3.05) is 17.8 Å². The standard InChI is InChI=1S/C20H23N3O4S/c1-14-4-2-3-5-18(14)22-28(26,27)17-8-6-16(7-9-17)20(25)23-12-10-15(11-13-23)19(21)24/h2-9,15,22H,10-13H2,1H3,(H2,21,24). The second-order valence-corrected chi connectivity index (χ2v) is 8.60. The highest BCUT2D eigenvalue weighted by atomic mass is 32.2. The second kappa shape index (κ2) is 8.02. The molecule has 2 aromatic carbocycles. The van der Waals surface area contributed by atoms with Crippen LogP contribution in [0.1, 0.15) is 28.8 Å². The van der Waals surface area contributed by atoms with Crippen molar-refractivity contribution >= 4 is 27.5 Å². The van der Waals surface area contributed by atoms with Crippen LogP contribution in [-0.2, 0) is 14.8 Å². The van der Waals surface area contributed by atoms with Crippen LogP contribution in [-0.4, -0.2) is 38.2 Å². The number of aryl methyl sites for hydroxylation is 1. The van der Waals surface area contributed by atoms with E-state index in [9.17, 15) is 18.0 Å². The summed E-state index contributed by atoms with van der Waals surface area (Å²) in [7, 11) is -3.75. The van der Waals surface area contributed by atoms with Gasteiger partial charge in [-0.25, -0.2) is 8.42 Å². The number of likely N-dealkylation sites (tertiary alicyclic amines) is 1. The van der Waals surface area contributed by atoms with E-state index in [2.05, 4.69) is 4.72 Å². The first kappa shape index (κ1) is 19.9. The largest absolute Gasteiger partial charge is 0.369 e. The van der Waals surface area contributed by atoms with Gasteiger partial charge < -0.3 is 10.6 Å². The average molecular weight is 401 g/mol. The molecule has 0 aliphatic carbocycles. The van der Waals surface area contributed by atoms with Gasteiger partial charge in [0.2, 0.25) is 5.91 Å². The molecular formula is C20H23N3O4S. The number of hydrogen-bond acceptors (Lipinski definition) is 4. The molecule has 28 heavy (non-hydrogen) atoms. The molecule has 0 bridgehead atoms. The lowest BCUT2D eigenvalue weighted by atomic mass is 9.96. The third kappa shape index (κ3) is 4.33. The van der Waals surface area contributed by atoms with Gasteiger partial charge in [0.25, 0.3) is 15.9 Å². The summed E-state index contributed by atoms with van der Waals surface area (Å²) in [4.78, 5) is 25.6. The maximum absolute atomic E-state index is 12.6. The van der Waals surface area contributed by atoms with Gasteiger partial charge in [-0.2, -0.15) is 0 Å². The Kier molecular flexibility index (Phi) is 5.69. The number of carbonyl (C=O) groups excluding carboxylic acids is 2. The Labute approximate surface area is 164 Å². The third-order valence-corrected chi connectivity index (χ3v) is 6.37. The SMILES string of the molecule is Cc1ccccc1NS(=O)(=O)c1ccc(C(=O)N2CCC(C(N)=O)CC2)cc1. The zero-order chi connectivity index (χ0) is 20.3. The maximum Gasteiger partial charge on any atom is 0.261 e. The molecule has 1 saturated heterocycles. The molecule has 2 aromatic rings. The van der Waals surface area contributed by atoms with E-state index < -0.39 is 10.0 Å². The summed E-state index contributed by atoms with van der Waals surface area (Å²) in [5.41, 5.74) is 7.06. The summed E-state index contributed by atoms with van der Waals surface area (Å²) in [5, 5.41) is 0. The molecule has 0 unspecified atom stereocenters. The molecule has 8 heteroatoms. The second-order valence-electron chi connectivity index (χ2n) is 6.91. The van der Waals surface area contributed by atoms with Crippen molar-refractivity contribution in [2.45, 2.75) is 24.7 Å². The Balaban J connectivity index is 1.70. The average Bonchev–Trinajstić information content (AvgIpc) is 2.69. The number of anilines is 1. The molecular weight excluding hydrogens is 378 g/mol. The van der Waals surface area contributed by atoms with Crippen molar-refractivity contribution in [3.63, 3.8) is 0 Å². The molecule has 3 rings (SSSR count). The zero-order valence-electron chi connectivity index (χ0n) is 15.6. The lowest BCUT2D eigenvalue weighted by Crippen LogP contribution is -2.41. The molecule has 0 atom stereocenters. The number of nitrogens with one attached hydrogen (secondary N) is 1. The molecule has 148 valence electrons. The molecule has 0 aromatic heterocycles. The Hall–Kier alpha value is -2.87. The fraction of sp³-hybridized carbons (Fsp3) is 0.300. The number of nitrogens with two attached hydrogens (primary N) is 1. The minimum atomic E-state index is -3.75. The van der Waals surface area contributed by atoms with E-state index in [1.54, 1.807) is 17.0 Å². The van der Waals surface area contributed by atoms with Crippen LogP contribution < -0.4 is 10.5 Å². The van der Waals surface area contributed by atoms with E-state index in [0.717, 1.165) is 5.56 Å². The van der Waals surface area contributed by atoms with Crippen molar-refractivity contribution in [1.29, 1.82) is 0 Å². The van der Waals surface area contributed by atoms with Crippen LogP contribution in [0, 0.1) is 12.8 Å².